The van der Waals surface area contributed by atoms with E-state index in [4.69, 9.17) is 327 Å². The average Bonchev–Trinajstić information content (AvgIpc) is 0.777. The first kappa shape index (κ1) is 128. The fourth-order valence-corrected chi connectivity index (χ4v) is 21.9. The van der Waals surface area contributed by atoms with Gasteiger partial charge in [-0.25, -0.2) is 9.97 Å². The molecule has 6 aromatic rings. The fraction of sp³-hybridized carbons (Fsp3) is 0.400. The number of carbonyl (C=O) groups excluding carboxylic acids is 1. The molecule has 9 rings (SSSR count). The van der Waals surface area contributed by atoms with Gasteiger partial charge in [-0.3, -0.25) is 23.5 Å². The zero-order valence-electron chi connectivity index (χ0n) is 77.0. The lowest BCUT2D eigenvalue weighted by molar-refractivity contribution is -0.177. The SMILES string of the molecule is C.O=C1CCC(Nc2ncc3cc(-c4ccccc4Cl)c(=O)n(CC(F)(F)F)c3n2)CC1.O=c1c(-c2ccccc2Cl)cc2cnc(NC3CCC4(CC3)OCCO4)nc2n1CC(F)(F)F.[B]B([B])B(B([B])[B])B(B([B])[B])B(B(B(B([B])[B])B([B])[B])B(B([B])[B])B([B])[B])B(B(B(B([B])[B])B([B])[B])B(B([B])[B])B([B])[B])B(B(B(B([B])[B])B([B])[B])B(B([B])[B])B([B])[B])B(B(B([B])[B])B([B])[B])B(B([B])[B])B([B])[B]. The van der Waals surface area contributed by atoms with E-state index in [1.807, 2.05) is 0 Å². The van der Waals surface area contributed by atoms with Crippen molar-refractivity contribution in [3.8, 4) is 22.3 Å². The second kappa shape index (κ2) is 56.7. The van der Waals surface area contributed by atoms with Crippen LogP contribution in [-0.2, 0) is 27.4 Å². The number of benzene rings is 2. The highest BCUT2D eigenvalue weighted by atomic mass is 35.5. The number of halogens is 8. The van der Waals surface area contributed by atoms with Gasteiger partial charge in [-0.2, -0.15) is 36.3 Å². The third-order valence-electron chi connectivity index (χ3n) is 27.0. The van der Waals surface area contributed by atoms with Crippen LogP contribution in [0.15, 0.2) is 82.6 Å². The number of anilines is 2. The van der Waals surface area contributed by atoms with Crippen LogP contribution < -0.4 is 21.8 Å². The lowest BCUT2D eigenvalue weighted by Gasteiger charge is -2.61. The number of fused-ring (bicyclic) bond motifs is 2. The Labute approximate surface area is 900 Å². The number of nitrogens with zero attached hydrogens (tertiary/aromatic N) is 6. The van der Waals surface area contributed by atoms with Crippen LogP contribution in [0.3, 0.4) is 0 Å². The highest BCUT2D eigenvalue weighted by Gasteiger charge is 2.66. The number of aromatic nitrogens is 6. The van der Waals surface area contributed by atoms with Crippen molar-refractivity contribution >= 4 is 587 Å². The van der Waals surface area contributed by atoms with Gasteiger partial charge < -0.3 is 20.1 Å². The quantitative estimate of drug-likeness (QED) is 0.0278. The second-order valence-corrected chi connectivity index (χ2v) is 37.6. The zero-order chi connectivity index (χ0) is 105. The van der Waals surface area contributed by atoms with E-state index in [0.717, 1.165) is 12.8 Å². The van der Waals surface area contributed by atoms with Crippen molar-refractivity contribution in [2.24, 2.45) is 0 Å². The molecule has 2 saturated carbocycles. The second-order valence-electron chi connectivity index (χ2n) is 36.8. The van der Waals surface area contributed by atoms with Crippen molar-refractivity contribution in [3.05, 3.63) is 104 Å². The van der Waals surface area contributed by atoms with E-state index in [1.54, 1.807) is 48.5 Å². The Balaban J connectivity index is 0.000000368. The third-order valence-corrected chi connectivity index (χ3v) is 27.6. The molecule has 0 bridgehead atoms. The number of hydrogen-bond donors (Lipinski definition) is 2. The van der Waals surface area contributed by atoms with E-state index in [0.29, 0.717) is 77.4 Å². The van der Waals surface area contributed by atoms with Crippen LogP contribution in [0, 0.1) is 0 Å². The topological polar surface area (TPSA) is 155 Å². The Morgan fingerprint density at radius 2 is 0.557 bits per heavy atom. The summed E-state index contributed by atoms with van der Waals surface area (Å²) in [4.78, 5) is 54.6. The molecule has 5 heterocycles. The molecule has 1 saturated heterocycles. The lowest BCUT2D eigenvalue weighted by atomic mass is 8.21. The lowest BCUT2D eigenvalue weighted by Crippen LogP contribution is -2.99. The molecule has 2 aliphatic carbocycles. The molecule has 0 amide bonds. The molecule has 0 unspecified atom stereocenters. The van der Waals surface area contributed by atoms with E-state index >= 15 is 0 Å². The van der Waals surface area contributed by atoms with E-state index < -0.39 is 272 Å². The molecule has 76 radical (unpaired) electrons. The summed E-state index contributed by atoms with van der Waals surface area (Å²) in [5.74, 6) is -0.0520. The number of Topliss-reactive ketones (excluding diaryl/α,β-unsaturated/α-hetero) is 1. The Morgan fingerprint density at radius 3 is 0.793 bits per heavy atom. The first-order chi connectivity index (χ1) is 64.5. The van der Waals surface area contributed by atoms with Crippen LogP contribution in [0.25, 0.3) is 44.3 Å². The molecule has 13 nitrogen and oxygen atoms in total. The van der Waals surface area contributed by atoms with E-state index in [1.165, 1.54) is 24.5 Å². The maximum atomic E-state index is 13.4. The minimum Gasteiger partial charge on any atom is -0.351 e. The summed E-state index contributed by atoms with van der Waals surface area (Å²) < 4.78 is 92.8. The molecule has 140 heavy (non-hydrogen) atoms. The van der Waals surface area contributed by atoms with Gasteiger partial charge in [-0.15, -0.1) is 0 Å². The highest BCUT2D eigenvalue weighted by molar-refractivity contribution is 8.40. The van der Waals surface area contributed by atoms with Gasteiger partial charge in [0.15, 0.2) is 5.79 Å². The zero-order valence-corrected chi connectivity index (χ0v) is 78.6. The summed E-state index contributed by atoms with van der Waals surface area (Å²) in [7, 11) is 258. The molecule has 95 heteroatoms. The van der Waals surface area contributed by atoms with Crippen molar-refractivity contribution in [2.45, 2.75) is 102 Å². The van der Waals surface area contributed by atoms with Crippen LogP contribution in [-0.4, -0.2) is 602 Å². The summed E-state index contributed by atoms with van der Waals surface area (Å²) in [5, 5.41) is 7.36. The van der Waals surface area contributed by atoms with E-state index in [2.05, 4.69) is 30.6 Å². The van der Waals surface area contributed by atoms with Crippen molar-refractivity contribution in [3.63, 3.8) is 0 Å². The van der Waals surface area contributed by atoms with Gasteiger partial charge in [-0.05, 0) is 49.9 Å². The number of carbonyl (C=O) groups is 1. The summed E-state index contributed by atoms with van der Waals surface area (Å²) in [6.07, 6.45) is -59.4. The van der Waals surface area contributed by atoms with Gasteiger partial charge in [0.05, 0.1) is 13.2 Å². The maximum Gasteiger partial charge on any atom is 0.406 e. The fourth-order valence-electron chi connectivity index (χ4n) is 21.4. The number of ketones is 1. The summed E-state index contributed by atoms with van der Waals surface area (Å²) in [6, 6.07) is 15.9. The number of pyridine rings is 2. The molecule has 1 aliphatic heterocycles. The summed E-state index contributed by atoms with van der Waals surface area (Å²) >= 11 is 12.4. The Hall–Kier alpha value is -0.825. The summed E-state index contributed by atoms with van der Waals surface area (Å²) in [6.45, 7) is -1.80. The third kappa shape index (κ3) is 33.4. The highest BCUT2D eigenvalue weighted by Crippen LogP contribution is 2.38. The van der Waals surface area contributed by atoms with E-state index in [9.17, 15) is 40.7 Å². The van der Waals surface area contributed by atoms with Crippen LogP contribution in [0.5, 0.6) is 0 Å². The molecule has 3 aliphatic rings. The molecule has 572 valence electrons. The van der Waals surface area contributed by atoms with Crippen LogP contribution in [0.2, 0.25) is 10.0 Å². The molecule has 0 atom stereocenters. The van der Waals surface area contributed by atoms with Gasteiger partial charge in [-0.1, -0.05) is 67.0 Å². The number of hydrogen-bond acceptors (Lipinski definition) is 11. The van der Waals surface area contributed by atoms with Gasteiger partial charge in [0, 0.05) is 617 Å². The first-order valence-corrected chi connectivity index (χ1v) is 45.8. The number of alkyl halides is 6. The van der Waals surface area contributed by atoms with Gasteiger partial charge >= 0.3 is 12.4 Å². The minimum absolute atomic E-state index is 0. The van der Waals surface area contributed by atoms with Crippen LogP contribution in [0.1, 0.15) is 58.8 Å². The van der Waals surface area contributed by atoms with Crippen molar-refractivity contribution in [1.29, 1.82) is 0 Å². The van der Waals surface area contributed by atoms with Gasteiger partial charge in [0.25, 0.3) is 11.1 Å². The average molecular weight is 1760 g/mol. The number of ether oxygens (including phenoxy) is 2. The molecule has 4 aromatic heterocycles. The standard InChI is InChI=1S/C23H22ClF3N4O3.C21H18ClF3N4O2.CH4.B74/c24-18-4-2-1-3-16(18)17-11-14-12-28-21(30-19(14)31(20(17)32)13-23(25,26)27)29-15-5-7-22(8-6-15)33-9-10-34-22;22-17-4-2-1-3-15(17)16-9-12-10-26-20(27-13-5-7-14(30)8-6-13)28-18(12)29(19(16)31)11-21(23,24)25;;1-39(2)58(40(3)4)67(57(37)38)72(68(59(41(5)6)42(7)8)60(43(9)10)44(11)12)74(71(65(53(29)30)54(31)32)66(55(33)34)56(35)36)73(69(61(45(13)14)46(15)16)62(47(17)18)48(19)20)70(63(49(21)22)50(23)24)64(51(25)26)52(27)28/h1-4,11-12,15H,5-10,13H2,(H,28,29,30);1-4,9-10,13H,5-8,11H2,(H,26,27,28);1H4;. The predicted molar refractivity (Wildman–Crippen MR) is 665 cm³/mol. The summed E-state index contributed by atoms with van der Waals surface area (Å²) in [5.41, 5.74) is -1.10. The van der Waals surface area contributed by atoms with Crippen LogP contribution >= 0.6 is 23.2 Å². The minimum atomic E-state index is -4.63. The Bertz CT molecular complexity index is 4780. The number of rotatable bonds is 43. The molecule has 3 fully saturated rings. The Morgan fingerprint density at radius 1 is 0.336 bits per heavy atom. The van der Waals surface area contributed by atoms with E-state index in [-0.39, 0.29) is 75.0 Å². The first-order valence-electron chi connectivity index (χ1n) is 45.0. The molecule has 2 aromatic carbocycles. The Kier molecular flexibility index (Phi) is 51.8. The molecule has 1 spiro atoms. The normalized spacial score (nSPS) is 13.1. The predicted octanol–water partition coefficient (Wildman–Crippen LogP) is -18.2. The van der Waals surface area contributed by atoms with Crippen LogP contribution in [0.4, 0.5) is 38.2 Å². The molecular formula is C45H44B74Cl2F6N8O5. The maximum absolute atomic E-state index is 13.4. The van der Waals surface area contributed by atoms with Gasteiger partial charge in [0.2, 0.25) is 11.9 Å². The largest absolute Gasteiger partial charge is 0.406 e. The molecule has 2 N–H and O–H groups in total. The monoisotopic (exact) mass is 1770 g/mol. The molecular weight excluding hydrogens is 1720 g/mol. The number of nitrogens with one attached hydrogen (secondary N) is 2. The van der Waals surface area contributed by atoms with Crippen molar-refractivity contribution in [2.75, 3.05) is 23.8 Å². The van der Waals surface area contributed by atoms with Gasteiger partial charge in [0.1, 0.15) is 30.2 Å². The van der Waals surface area contributed by atoms with Crippen molar-refractivity contribution < 1.29 is 40.6 Å². The smallest absolute Gasteiger partial charge is 0.351 e. The van der Waals surface area contributed by atoms with Crippen molar-refractivity contribution in [1.82, 2.24) is 29.1 Å².